The number of hydrogen-bond donors (Lipinski definition) is 2. The number of aliphatic hydroxyl groups is 1. The molecule has 0 saturated heterocycles. The first-order valence-electron chi connectivity index (χ1n) is 7.12. The Balaban J connectivity index is 2.81. The van der Waals surface area contributed by atoms with Crippen LogP contribution >= 0.6 is 0 Å². The molecule has 0 radical (unpaired) electrons. The number of carbonyl (C=O) groups is 1. The van der Waals surface area contributed by atoms with Gasteiger partial charge in [-0.3, -0.25) is 0 Å². The Morgan fingerprint density at radius 2 is 1.15 bits per heavy atom. The first kappa shape index (κ1) is 19.8. The van der Waals surface area contributed by atoms with Gasteiger partial charge in [0.15, 0.2) is 0 Å². The van der Waals surface area contributed by atoms with Crippen molar-refractivity contribution in [3.05, 3.63) is 70.8 Å². The van der Waals surface area contributed by atoms with Crippen LogP contribution in [-0.2, 0) is 12.0 Å². The fourth-order valence-electron chi connectivity index (χ4n) is 2.70. The van der Waals surface area contributed by atoms with Crippen molar-refractivity contribution in [1.82, 2.24) is 0 Å². The molecule has 0 saturated carbocycles. The second-order valence-corrected chi connectivity index (χ2v) is 5.48. The molecule has 0 aromatic heterocycles. The molecule has 2 aromatic carbocycles. The van der Waals surface area contributed by atoms with Crippen molar-refractivity contribution >= 4 is 5.97 Å². The molecule has 3 nitrogen and oxygen atoms in total. The number of carboxylic acid groups (broad SMARTS) is 1. The van der Waals surface area contributed by atoms with Crippen molar-refractivity contribution in [3.8, 4) is 0 Å². The van der Waals surface area contributed by atoms with Crippen molar-refractivity contribution in [2.45, 2.75) is 24.4 Å². The lowest BCUT2D eigenvalue weighted by molar-refractivity contribution is -0.288. The minimum atomic E-state index is -5.75. The molecule has 0 aliphatic carbocycles. The van der Waals surface area contributed by atoms with Crippen LogP contribution in [0.3, 0.4) is 0 Å². The van der Waals surface area contributed by atoms with Gasteiger partial charge in [0.1, 0.15) is 0 Å². The topological polar surface area (TPSA) is 57.5 Å². The maximum Gasteiger partial charge on any atom is 0.411 e. The molecule has 140 valence electrons. The number of rotatable bonds is 4. The maximum absolute atomic E-state index is 13.8. The summed E-state index contributed by atoms with van der Waals surface area (Å²) in [6.45, 7) is -0.543. The van der Waals surface area contributed by atoms with E-state index in [4.69, 9.17) is 10.2 Å². The van der Waals surface area contributed by atoms with Gasteiger partial charge in [-0.15, -0.1) is 0 Å². The summed E-state index contributed by atoms with van der Waals surface area (Å²) >= 11 is 0. The summed E-state index contributed by atoms with van der Waals surface area (Å²) in [5.41, 5.74) is -6.88. The van der Waals surface area contributed by atoms with E-state index < -0.39 is 47.0 Å². The normalized spacial score (nSPS) is 12.9. The van der Waals surface area contributed by atoms with Crippen LogP contribution in [0.4, 0.5) is 26.3 Å². The standard InChI is InChI=1S/C17H12F6O3/c18-16(19,20)15(17(21,22)23,12-5-1-10(9-24)2-6-12)13-7-3-11(4-8-13)14(25)26/h1-8,24H,9H2,(H,25,26). The van der Waals surface area contributed by atoms with Gasteiger partial charge in [0.05, 0.1) is 12.2 Å². The Kier molecular flexibility index (Phi) is 5.05. The predicted molar refractivity (Wildman–Crippen MR) is 78.7 cm³/mol. The molecule has 0 unspecified atom stereocenters. The van der Waals surface area contributed by atoms with Crippen molar-refractivity contribution in [1.29, 1.82) is 0 Å². The van der Waals surface area contributed by atoms with Gasteiger partial charge in [0.2, 0.25) is 5.41 Å². The van der Waals surface area contributed by atoms with Crippen LogP contribution in [0.15, 0.2) is 48.5 Å². The fraction of sp³-hybridized carbons (Fsp3) is 0.235. The van der Waals surface area contributed by atoms with Gasteiger partial charge in [-0.25, -0.2) is 4.79 Å². The predicted octanol–water partition coefficient (Wildman–Crippen LogP) is 4.29. The second kappa shape index (κ2) is 6.64. The summed E-state index contributed by atoms with van der Waals surface area (Å²) in [5, 5.41) is 17.8. The molecule has 0 fully saturated rings. The van der Waals surface area contributed by atoms with Crippen LogP contribution in [0.25, 0.3) is 0 Å². The van der Waals surface area contributed by atoms with E-state index >= 15 is 0 Å². The molecule has 9 heteroatoms. The molecule has 0 aliphatic heterocycles. The van der Waals surface area contributed by atoms with Gasteiger partial charge < -0.3 is 10.2 Å². The van der Waals surface area contributed by atoms with Gasteiger partial charge in [-0.05, 0) is 28.8 Å². The largest absolute Gasteiger partial charge is 0.478 e. The van der Waals surface area contributed by atoms with E-state index in [0.717, 1.165) is 12.1 Å². The van der Waals surface area contributed by atoms with Crippen LogP contribution in [-0.4, -0.2) is 28.5 Å². The lowest BCUT2D eigenvalue weighted by Gasteiger charge is -2.38. The Hall–Kier alpha value is -2.55. The average Bonchev–Trinajstić information content (AvgIpc) is 2.54. The van der Waals surface area contributed by atoms with Gasteiger partial charge in [-0.2, -0.15) is 26.3 Å². The highest BCUT2D eigenvalue weighted by atomic mass is 19.4. The Morgan fingerprint density at radius 3 is 1.46 bits per heavy atom. The van der Waals surface area contributed by atoms with Crippen LogP contribution in [0.2, 0.25) is 0 Å². The van der Waals surface area contributed by atoms with Crippen molar-refractivity contribution in [2.75, 3.05) is 0 Å². The molecular formula is C17H12F6O3. The molecule has 26 heavy (non-hydrogen) atoms. The molecule has 0 atom stereocenters. The van der Waals surface area contributed by atoms with Gasteiger partial charge in [-0.1, -0.05) is 36.4 Å². The summed E-state index contributed by atoms with van der Waals surface area (Å²) in [4.78, 5) is 10.8. The van der Waals surface area contributed by atoms with Crippen molar-refractivity contribution in [2.24, 2.45) is 0 Å². The number of carboxylic acids is 1. The molecule has 0 amide bonds. The van der Waals surface area contributed by atoms with E-state index in [-0.39, 0.29) is 5.56 Å². The number of hydrogen-bond acceptors (Lipinski definition) is 2. The van der Waals surface area contributed by atoms with E-state index in [2.05, 4.69) is 0 Å². The molecule has 0 aliphatic rings. The van der Waals surface area contributed by atoms with Crippen LogP contribution in [0.5, 0.6) is 0 Å². The molecule has 0 spiro atoms. The zero-order valence-electron chi connectivity index (χ0n) is 12.9. The smallest absolute Gasteiger partial charge is 0.411 e. The Morgan fingerprint density at radius 1 is 0.769 bits per heavy atom. The highest BCUT2D eigenvalue weighted by Crippen LogP contribution is 2.56. The molecule has 2 aromatic rings. The second-order valence-electron chi connectivity index (χ2n) is 5.48. The van der Waals surface area contributed by atoms with E-state index in [0.29, 0.717) is 36.4 Å². The van der Waals surface area contributed by atoms with E-state index in [1.54, 1.807) is 0 Å². The molecule has 2 N–H and O–H groups in total. The molecule has 2 rings (SSSR count). The third-order valence-electron chi connectivity index (χ3n) is 3.98. The van der Waals surface area contributed by atoms with E-state index in [1.807, 2.05) is 0 Å². The van der Waals surface area contributed by atoms with Crippen LogP contribution in [0, 0.1) is 0 Å². The van der Waals surface area contributed by atoms with Gasteiger partial charge in [0, 0.05) is 0 Å². The summed E-state index contributed by atoms with van der Waals surface area (Å²) in [7, 11) is 0. The van der Waals surface area contributed by atoms with Gasteiger partial charge >= 0.3 is 18.3 Å². The van der Waals surface area contributed by atoms with Crippen molar-refractivity contribution < 1.29 is 41.4 Å². The van der Waals surface area contributed by atoms with E-state index in [1.165, 1.54) is 0 Å². The fourth-order valence-corrected chi connectivity index (χ4v) is 2.70. The Labute approximate surface area is 143 Å². The van der Waals surface area contributed by atoms with Crippen LogP contribution < -0.4 is 0 Å². The Bertz CT molecular complexity index is 762. The molecule has 0 heterocycles. The lowest BCUT2D eigenvalue weighted by atomic mass is 9.72. The first-order valence-corrected chi connectivity index (χ1v) is 7.12. The number of halogens is 6. The third kappa shape index (κ3) is 3.14. The zero-order valence-corrected chi connectivity index (χ0v) is 12.9. The quantitative estimate of drug-likeness (QED) is 0.781. The number of aromatic carboxylic acids is 1. The summed E-state index contributed by atoms with van der Waals surface area (Å²) in [6.07, 6.45) is -11.5. The average molecular weight is 378 g/mol. The SMILES string of the molecule is O=C(O)c1ccc(C(c2ccc(CO)cc2)(C(F)(F)F)C(F)(F)F)cc1. The highest BCUT2D eigenvalue weighted by molar-refractivity contribution is 5.87. The summed E-state index contributed by atoms with van der Waals surface area (Å²) in [6, 6.07) is 5.61. The minimum absolute atomic E-state index is 0.147. The third-order valence-corrected chi connectivity index (χ3v) is 3.98. The number of aliphatic hydroxyl groups excluding tert-OH is 1. The highest BCUT2D eigenvalue weighted by Gasteiger charge is 2.72. The number of alkyl halides is 6. The van der Waals surface area contributed by atoms with Crippen LogP contribution in [0.1, 0.15) is 27.0 Å². The number of benzene rings is 2. The zero-order chi connectivity index (χ0) is 19.8. The lowest BCUT2D eigenvalue weighted by Crippen LogP contribution is -2.54. The maximum atomic E-state index is 13.8. The molecular weight excluding hydrogens is 366 g/mol. The van der Waals surface area contributed by atoms with Gasteiger partial charge in [0.25, 0.3) is 0 Å². The minimum Gasteiger partial charge on any atom is -0.478 e. The summed E-state index contributed by atoms with van der Waals surface area (Å²) in [5.74, 6) is -1.48. The summed E-state index contributed by atoms with van der Waals surface area (Å²) < 4.78 is 82.8. The van der Waals surface area contributed by atoms with E-state index in [9.17, 15) is 31.1 Å². The first-order chi connectivity index (χ1) is 11.9. The van der Waals surface area contributed by atoms with Crippen molar-refractivity contribution in [3.63, 3.8) is 0 Å². The monoisotopic (exact) mass is 378 g/mol. The molecule has 0 bridgehead atoms.